The summed E-state index contributed by atoms with van der Waals surface area (Å²) in [4.78, 5) is 0. The molecule has 0 spiro atoms. The molecule has 0 bridgehead atoms. The molecule has 86 valence electrons. The van der Waals surface area contributed by atoms with Crippen molar-refractivity contribution in [3.05, 3.63) is 24.3 Å². The third-order valence-electron chi connectivity index (χ3n) is 2.58. The van der Waals surface area contributed by atoms with E-state index in [4.69, 9.17) is 0 Å². The second-order valence-electron chi connectivity index (χ2n) is 4.00. The minimum Gasteiger partial charge on any atom is -0.363 e. The molecule has 0 aromatic carbocycles. The molecule has 2 nitrogen and oxygen atoms in total. The van der Waals surface area contributed by atoms with Crippen LogP contribution in [0.15, 0.2) is 24.3 Å². The van der Waals surface area contributed by atoms with E-state index in [1.807, 2.05) is 12.2 Å². The van der Waals surface area contributed by atoms with Crippen molar-refractivity contribution in [2.45, 2.75) is 50.5 Å². The number of allylic oxidation sites excluding steroid dienone is 3. The topological polar surface area (TPSA) is 40.5 Å². The molecule has 3 heteroatoms. The fraction of sp³-hybridized carbons (Fsp3) is 0.667. The molecule has 1 unspecified atom stereocenters. The molecule has 15 heavy (non-hydrogen) atoms. The quantitative estimate of drug-likeness (QED) is 0.480. The van der Waals surface area contributed by atoms with Gasteiger partial charge < -0.3 is 10.2 Å². The molecule has 2 N–H and O–H groups in total. The Hall–Kier alpha value is -0.670. The van der Waals surface area contributed by atoms with Crippen LogP contribution in [0.4, 0.5) is 4.39 Å². The average molecular weight is 214 g/mol. The Balaban J connectivity index is 2.55. The highest BCUT2D eigenvalue weighted by molar-refractivity contribution is 4.93. The van der Waals surface area contributed by atoms with Crippen LogP contribution in [-0.2, 0) is 0 Å². The molecular weight excluding hydrogens is 195 g/mol. The molecule has 0 aromatic heterocycles. The summed E-state index contributed by atoms with van der Waals surface area (Å²) in [6, 6.07) is 0. The van der Waals surface area contributed by atoms with Gasteiger partial charge in [0.15, 0.2) is 12.0 Å². The van der Waals surface area contributed by atoms with Crippen molar-refractivity contribution in [2.24, 2.45) is 0 Å². The SMILES string of the molecule is OC1(O)C/C=C\CC/C=C/CCCC1F. The maximum Gasteiger partial charge on any atom is 0.198 e. The molecule has 1 atom stereocenters. The molecule has 0 radical (unpaired) electrons. The number of rotatable bonds is 0. The molecule has 0 aromatic rings. The largest absolute Gasteiger partial charge is 0.363 e. The van der Waals surface area contributed by atoms with E-state index in [1.165, 1.54) is 0 Å². The van der Waals surface area contributed by atoms with Gasteiger partial charge in [-0.3, -0.25) is 0 Å². The van der Waals surface area contributed by atoms with E-state index in [-0.39, 0.29) is 12.8 Å². The predicted molar refractivity (Wildman–Crippen MR) is 58.0 cm³/mol. The second kappa shape index (κ2) is 6.03. The van der Waals surface area contributed by atoms with Crippen LogP contribution in [0, 0.1) is 0 Å². The summed E-state index contributed by atoms with van der Waals surface area (Å²) in [6.45, 7) is 0. The Bertz CT molecular complexity index is 234. The Morgan fingerprint density at radius 2 is 1.60 bits per heavy atom. The summed E-state index contributed by atoms with van der Waals surface area (Å²) in [7, 11) is 0. The zero-order chi connectivity index (χ0) is 11.1. The zero-order valence-corrected chi connectivity index (χ0v) is 8.90. The summed E-state index contributed by atoms with van der Waals surface area (Å²) in [5.41, 5.74) is 0. The van der Waals surface area contributed by atoms with Crippen molar-refractivity contribution in [2.75, 3.05) is 0 Å². The highest BCUT2D eigenvalue weighted by Crippen LogP contribution is 2.21. The van der Waals surface area contributed by atoms with Gasteiger partial charge in [-0.2, -0.15) is 0 Å². The molecule has 0 saturated carbocycles. The number of alkyl halides is 1. The Morgan fingerprint density at radius 3 is 2.33 bits per heavy atom. The maximum absolute atomic E-state index is 13.4. The van der Waals surface area contributed by atoms with E-state index in [9.17, 15) is 14.6 Å². The monoisotopic (exact) mass is 214 g/mol. The standard InChI is InChI=1S/C12H19FO2/c13-11-9-7-5-3-1-2-4-6-8-10-12(11,14)15/h1,3,6,8,11,14-15H,2,4-5,7,9-10H2/b3-1+,8-6-. The number of aliphatic hydroxyl groups is 2. The predicted octanol–water partition coefficient (Wildman–Crippen LogP) is 2.47. The van der Waals surface area contributed by atoms with Gasteiger partial charge in [-0.15, -0.1) is 0 Å². The third-order valence-corrected chi connectivity index (χ3v) is 2.58. The van der Waals surface area contributed by atoms with Gasteiger partial charge >= 0.3 is 0 Å². The lowest BCUT2D eigenvalue weighted by Gasteiger charge is -2.24. The summed E-state index contributed by atoms with van der Waals surface area (Å²) in [5.74, 6) is -2.20. The van der Waals surface area contributed by atoms with Gasteiger partial charge in [0, 0.05) is 6.42 Å². The molecule has 0 saturated heterocycles. The maximum atomic E-state index is 13.4. The molecule has 0 amide bonds. The van der Waals surface area contributed by atoms with Crippen LogP contribution in [0.25, 0.3) is 0 Å². The first-order chi connectivity index (χ1) is 7.13. The van der Waals surface area contributed by atoms with E-state index in [1.54, 1.807) is 6.08 Å². The van der Waals surface area contributed by atoms with Gasteiger partial charge in [-0.05, 0) is 32.1 Å². The second-order valence-corrected chi connectivity index (χ2v) is 4.00. The van der Waals surface area contributed by atoms with Crippen molar-refractivity contribution in [3.8, 4) is 0 Å². The Morgan fingerprint density at radius 1 is 1.00 bits per heavy atom. The summed E-state index contributed by atoms with van der Waals surface area (Å²) in [5, 5.41) is 18.9. The lowest BCUT2D eigenvalue weighted by Crippen LogP contribution is -2.38. The highest BCUT2D eigenvalue weighted by Gasteiger charge is 2.32. The van der Waals surface area contributed by atoms with E-state index in [2.05, 4.69) is 6.08 Å². The van der Waals surface area contributed by atoms with Crippen LogP contribution in [-0.4, -0.2) is 22.2 Å². The first kappa shape index (κ1) is 12.4. The lowest BCUT2D eigenvalue weighted by atomic mass is 10.0. The summed E-state index contributed by atoms with van der Waals surface area (Å²) < 4.78 is 13.4. The highest BCUT2D eigenvalue weighted by atomic mass is 19.1. The molecule has 1 aliphatic rings. The number of hydrogen-bond donors (Lipinski definition) is 2. The fourth-order valence-corrected chi connectivity index (χ4v) is 1.58. The van der Waals surface area contributed by atoms with E-state index in [0.29, 0.717) is 6.42 Å². The first-order valence-corrected chi connectivity index (χ1v) is 5.52. The number of hydrogen-bond acceptors (Lipinski definition) is 2. The van der Waals surface area contributed by atoms with E-state index >= 15 is 0 Å². The van der Waals surface area contributed by atoms with Gasteiger partial charge in [0.25, 0.3) is 0 Å². The zero-order valence-electron chi connectivity index (χ0n) is 8.90. The summed E-state index contributed by atoms with van der Waals surface area (Å²) >= 11 is 0. The van der Waals surface area contributed by atoms with Gasteiger partial charge in [0.05, 0.1) is 0 Å². The average Bonchev–Trinajstić information content (AvgIpc) is 2.18. The van der Waals surface area contributed by atoms with Gasteiger partial charge in [-0.1, -0.05) is 24.3 Å². The third kappa shape index (κ3) is 4.58. The minimum absolute atomic E-state index is 0.0299. The van der Waals surface area contributed by atoms with Crippen LogP contribution >= 0.6 is 0 Å². The normalized spacial score (nSPS) is 32.3. The van der Waals surface area contributed by atoms with Crippen molar-refractivity contribution in [1.82, 2.24) is 0 Å². The van der Waals surface area contributed by atoms with Crippen LogP contribution in [0.5, 0.6) is 0 Å². The van der Waals surface area contributed by atoms with Gasteiger partial charge in [0.1, 0.15) is 0 Å². The lowest BCUT2D eigenvalue weighted by molar-refractivity contribution is -0.203. The minimum atomic E-state index is -2.20. The van der Waals surface area contributed by atoms with Crippen LogP contribution in [0.2, 0.25) is 0 Å². The molecule has 1 rings (SSSR count). The van der Waals surface area contributed by atoms with E-state index < -0.39 is 12.0 Å². The molecule has 0 aliphatic heterocycles. The molecular formula is C12H19FO2. The number of halogens is 1. The fourth-order valence-electron chi connectivity index (χ4n) is 1.58. The molecule has 0 heterocycles. The Kier molecular flexibility index (Phi) is 4.99. The van der Waals surface area contributed by atoms with Gasteiger partial charge in [-0.25, -0.2) is 4.39 Å². The molecule has 1 aliphatic carbocycles. The van der Waals surface area contributed by atoms with Crippen LogP contribution in [0.1, 0.15) is 38.5 Å². The Labute approximate surface area is 90.1 Å². The van der Waals surface area contributed by atoms with Crippen molar-refractivity contribution in [3.63, 3.8) is 0 Å². The van der Waals surface area contributed by atoms with Crippen LogP contribution < -0.4 is 0 Å². The van der Waals surface area contributed by atoms with Crippen molar-refractivity contribution < 1.29 is 14.6 Å². The molecule has 0 fully saturated rings. The first-order valence-electron chi connectivity index (χ1n) is 5.52. The van der Waals surface area contributed by atoms with Gasteiger partial charge in [0.2, 0.25) is 0 Å². The smallest absolute Gasteiger partial charge is 0.198 e. The van der Waals surface area contributed by atoms with E-state index in [0.717, 1.165) is 19.3 Å². The van der Waals surface area contributed by atoms with Crippen LogP contribution in [0.3, 0.4) is 0 Å². The van der Waals surface area contributed by atoms with Crippen molar-refractivity contribution >= 4 is 0 Å². The summed E-state index contributed by atoms with van der Waals surface area (Å²) in [6.07, 6.45) is 9.51. The van der Waals surface area contributed by atoms with Crippen molar-refractivity contribution in [1.29, 1.82) is 0 Å².